The van der Waals surface area contributed by atoms with Crippen molar-refractivity contribution >= 4 is 44.1 Å². The van der Waals surface area contributed by atoms with E-state index in [1.807, 2.05) is 55.5 Å². The molecule has 0 atom stereocenters. The van der Waals surface area contributed by atoms with Crippen molar-refractivity contribution in [3.8, 4) is 16.9 Å². The Morgan fingerprint density at radius 2 is 1.66 bits per heavy atom. The van der Waals surface area contributed by atoms with Gasteiger partial charge in [0, 0.05) is 14.9 Å². The van der Waals surface area contributed by atoms with Crippen LogP contribution in [0.3, 0.4) is 0 Å². The fourth-order valence-electron chi connectivity index (χ4n) is 3.26. The monoisotopic (exact) mass is 515 g/mol. The largest absolute Gasteiger partial charge is 0.484 e. The van der Waals surface area contributed by atoms with Gasteiger partial charge in [-0.15, -0.1) is 11.3 Å². The van der Waals surface area contributed by atoms with Crippen LogP contribution in [0.2, 0.25) is 0 Å². The number of thiophene rings is 1. The maximum Gasteiger partial charge on any atom is 0.341 e. The van der Waals surface area contributed by atoms with E-state index in [2.05, 4.69) is 42.0 Å². The zero-order valence-electron chi connectivity index (χ0n) is 18.7. The third-order valence-corrected chi connectivity index (χ3v) is 6.50. The molecule has 0 aliphatic heterocycles. The van der Waals surface area contributed by atoms with E-state index >= 15 is 0 Å². The first kappa shape index (κ1) is 24.0. The molecule has 0 radical (unpaired) electrons. The summed E-state index contributed by atoms with van der Waals surface area (Å²) in [5.41, 5.74) is 3.21. The summed E-state index contributed by atoms with van der Waals surface area (Å²) in [4.78, 5) is 26.1. The molecule has 5 nitrogen and oxygen atoms in total. The summed E-state index contributed by atoms with van der Waals surface area (Å²) in [5, 5.41) is 3.27. The number of rotatable bonds is 6. The minimum absolute atomic E-state index is 0.0454. The first-order valence-electron chi connectivity index (χ1n) is 10.1. The van der Waals surface area contributed by atoms with E-state index in [1.54, 1.807) is 0 Å². The van der Waals surface area contributed by atoms with Gasteiger partial charge in [-0.1, -0.05) is 61.0 Å². The highest BCUT2D eigenvalue weighted by atomic mass is 79.9. The zero-order valence-corrected chi connectivity index (χ0v) is 21.1. The van der Waals surface area contributed by atoms with Crippen molar-refractivity contribution in [1.29, 1.82) is 0 Å². The lowest BCUT2D eigenvalue weighted by Crippen LogP contribution is -2.21. The van der Waals surface area contributed by atoms with E-state index < -0.39 is 5.97 Å². The number of amides is 1. The van der Waals surface area contributed by atoms with Crippen molar-refractivity contribution in [1.82, 2.24) is 0 Å². The molecule has 0 fully saturated rings. The highest BCUT2D eigenvalue weighted by Gasteiger charge is 2.25. The average molecular weight is 516 g/mol. The highest BCUT2D eigenvalue weighted by Crippen LogP contribution is 2.40. The molecule has 32 heavy (non-hydrogen) atoms. The quantitative estimate of drug-likeness (QED) is 0.376. The number of ether oxygens (including phenoxy) is 2. The minimum Gasteiger partial charge on any atom is -0.484 e. The third-order valence-electron chi connectivity index (χ3n) is 4.95. The molecule has 1 heterocycles. The topological polar surface area (TPSA) is 64.6 Å². The molecular weight excluding hydrogens is 490 g/mol. The lowest BCUT2D eigenvalue weighted by Gasteiger charge is -2.19. The molecular formula is C25H26BrNO4S. The lowest BCUT2D eigenvalue weighted by atomic mass is 9.87. The van der Waals surface area contributed by atoms with Gasteiger partial charge in [-0.25, -0.2) is 4.79 Å². The van der Waals surface area contributed by atoms with Gasteiger partial charge in [0.25, 0.3) is 5.91 Å². The van der Waals surface area contributed by atoms with Crippen LogP contribution in [-0.4, -0.2) is 25.6 Å². The normalized spacial score (nSPS) is 11.2. The molecule has 3 rings (SSSR count). The standard InChI is InChI=1S/C25H26BrNO4S/c1-15-21(16-6-10-18(26)11-7-16)22(24(29)30-5)23(32-15)27-20(28)14-31-19-12-8-17(9-13-19)25(2,3)4/h6-13H,14H2,1-5H3,(H,27,28). The van der Waals surface area contributed by atoms with Crippen LogP contribution in [0.1, 0.15) is 41.6 Å². The average Bonchev–Trinajstić information content (AvgIpc) is 3.07. The Kier molecular flexibility index (Phi) is 7.41. The van der Waals surface area contributed by atoms with Crippen molar-refractivity contribution in [2.45, 2.75) is 33.1 Å². The Morgan fingerprint density at radius 1 is 1.03 bits per heavy atom. The summed E-state index contributed by atoms with van der Waals surface area (Å²) < 4.78 is 11.6. The SMILES string of the molecule is COC(=O)c1c(NC(=O)COc2ccc(C(C)(C)C)cc2)sc(C)c1-c1ccc(Br)cc1. The second-order valence-electron chi connectivity index (χ2n) is 8.35. The van der Waals surface area contributed by atoms with Crippen molar-refractivity contribution < 1.29 is 19.1 Å². The summed E-state index contributed by atoms with van der Waals surface area (Å²) in [6.07, 6.45) is 0. The molecule has 0 aliphatic rings. The van der Waals surface area contributed by atoms with Crippen molar-refractivity contribution in [3.63, 3.8) is 0 Å². The first-order valence-corrected chi connectivity index (χ1v) is 11.7. The van der Waals surface area contributed by atoms with Crippen molar-refractivity contribution in [3.05, 3.63) is 69.0 Å². The number of carbonyl (C=O) groups is 2. The van der Waals surface area contributed by atoms with Crippen LogP contribution in [0.25, 0.3) is 11.1 Å². The Balaban J connectivity index is 1.78. The van der Waals surface area contributed by atoms with Crippen LogP contribution in [0, 0.1) is 6.92 Å². The maximum absolute atomic E-state index is 12.6. The van der Waals surface area contributed by atoms with E-state index in [9.17, 15) is 9.59 Å². The molecule has 0 bridgehead atoms. The Bertz CT molecular complexity index is 1110. The number of methoxy groups -OCH3 is 1. The van der Waals surface area contributed by atoms with Gasteiger partial charge in [0.05, 0.1) is 7.11 Å². The number of carbonyl (C=O) groups excluding carboxylic acids is 2. The van der Waals surface area contributed by atoms with Crippen molar-refractivity contribution in [2.24, 2.45) is 0 Å². The second-order valence-corrected chi connectivity index (χ2v) is 10.5. The van der Waals surface area contributed by atoms with Gasteiger partial charge < -0.3 is 14.8 Å². The molecule has 0 aliphatic carbocycles. The number of anilines is 1. The van der Waals surface area contributed by atoms with Crippen LogP contribution in [0.15, 0.2) is 53.0 Å². The fourth-order valence-corrected chi connectivity index (χ4v) is 4.60. The molecule has 1 aromatic heterocycles. The smallest absolute Gasteiger partial charge is 0.341 e. The molecule has 3 aromatic rings. The molecule has 2 aromatic carbocycles. The van der Waals surface area contributed by atoms with Gasteiger partial charge in [0.2, 0.25) is 0 Å². The van der Waals surface area contributed by atoms with Gasteiger partial charge in [-0.2, -0.15) is 0 Å². The summed E-state index contributed by atoms with van der Waals surface area (Å²) in [5.74, 6) is -0.237. The molecule has 1 N–H and O–H groups in total. The van der Waals surface area contributed by atoms with E-state index in [-0.39, 0.29) is 17.9 Å². The third kappa shape index (κ3) is 5.58. The number of esters is 1. The number of hydrogen-bond acceptors (Lipinski definition) is 5. The number of halogens is 1. The maximum atomic E-state index is 12.6. The van der Waals surface area contributed by atoms with Crippen LogP contribution < -0.4 is 10.1 Å². The predicted octanol–water partition coefficient (Wildman–Crippen LogP) is 6.59. The molecule has 0 unspecified atom stereocenters. The van der Waals surface area contributed by atoms with Gasteiger partial charge in [-0.05, 0) is 47.7 Å². The predicted molar refractivity (Wildman–Crippen MR) is 133 cm³/mol. The van der Waals surface area contributed by atoms with Gasteiger partial charge in [0.15, 0.2) is 6.61 Å². The lowest BCUT2D eigenvalue weighted by molar-refractivity contribution is -0.118. The summed E-state index contributed by atoms with van der Waals surface area (Å²) in [6.45, 7) is 8.17. The highest BCUT2D eigenvalue weighted by molar-refractivity contribution is 9.10. The Hall–Kier alpha value is -2.64. The van der Waals surface area contributed by atoms with Gasteiger partial charge in [-0.3, -0.25) is 4.79 Å². The fraction of sp³-hybridized carbons (Fsp3) is 0.280. The van der Waals surface area contributed by atoms with E-state index in [0.29, 0.717) is 16.3 Å². The number of benzene rings is 2. The van der Waals surface area contributed by atoms with Crippen LogP contribution in [-0.2, 0) is 14.9 Å². The molecule has 7 heteroatoms. The van der Waals surface area contributed by atoms with E-state index in [0.717, 1.165) is 20.5 Å². The summed E-state index contributed by atoms with van der Waals surface area (Å²) in [7, 11) is 1.33. The molecule has 0 saturated heterocycles. The van der Waals surface area contributed by atoms with Crippen LogP contribution in [0.4, 0.5) is 5.00 Å². The van der Waals surface area contributed by atoms with Gasteiger partial charge in [0.1, 0.15) is 16.3 Å². The second kappa shape index (κ2) is 9.88. The number of aryl methyl sites for hydroxylation is 1. The first-order chi connectivity index (χ1) is 15.1. The number of hydrogen-bond donors (Lipinski definition) is 1. The molecule has 1 amide bonds. The molecule has 0 saturated carbocycles. The summed E-state index contributed by atoms with van der Waals surface area (Å²) in [6, 6.07) is 15.4. The van der Waals surface area contributed by atoms with E-state index in [4.69, 9.17) is 9.47 Å². The van der Waals surface area contributed by atoms with E-state index in [1.165, 1.54) is 24.0 Å². The Labute approximate surface area is 200 Å². The zero-order chi connectivity index (χ0) is 23.5. The van der Waals surface area contributed by atoms with Crippen LogP contribution in [0.5, 0.6) is 5.75 Å². The Morgan fingerprint density at radius 3 is 2.22 bits per heavy atom. The molecule has 168 valence electrons. The van der Waals surface area contributed by atoms with Crippen molar-refractivity contribution in [2.75, 3.05) is 19.0 Å². The summed E-state index contributed by atoms with van der Waals surface area (Å²) >= 11 is 4.76. The van der Waals surface area contributed by atoms with Crippen LogP contribution >= 0.6 is 27.3 Å². The number of nitrogens with one attached hydrogen (secondary N) is 1. The minimum atomic E-state index is -0.499. The van der Waals surface area contributed by atoms with Gasteiger partial charge >= 0.3 is 5.97 Å². The molecule has 0 spiro atoms.